The second-order valence-corrected chi connectivity index (χ2v) is 5.99. The maximum absolute atomic E-state index is 12.2. The summed E-state index contributed by atoms with van der Waals surface area (Å²) in [5.41, 5.74) is 0.839. The van der Waals surface area contributed by atoms with Crippen LogP contribution in [0.25, 0.3) is 0 Å². The first-order chi connectivity index (χ1) is 10.4. The standard InChI is InChI=1S/C15H12BrClN2O3/c1-9(10-2-5-12(16)6-3-10)18-15(20)11-4-7-13(17)14(8-11)19(21)22/h2-9H,1H3,(H,18,20)/t9-/m1/s1. The number of nitro groups is 1. The van der Waals surface area contributed by atoms with E-state index in [-0.39, 0.29) is 22.3 Å². The van der Waals surface area contributed by atoms with Crippen molar-refractivity contribution < 1.29 is 9.72 Å². The number of amides is 1. The number of hydrogen-bond donors (Lipinski definition) is 1. The van der Waals surface area contributed by atoms with Gasteiger partial charge in [-0.25, -0.2) is 0 Å². The van der Waals surface area contributed by atoms with Gasteiger partial charge < -0.3 is 5.32 Å². The van der Waals surface area contributed by atoms with E-state index in [0.717, 1.165) is 10.0 Å². The second kappa shape index (κ2) is 6.89. The highest BCUT2D eigenvalue weighted by Gasteiger charge is 2.17. The van der Waals surface area contributed by atoms with Crippen molar-refractivity contribution in [2.45, 2.75) is 13.0 Å². The molecule has 1 N–H and O–H groups in total. The predicted octanol–water partition coefficient (Wildman–Crippen LogP) is 4.50. The van der Waals surface area contributed by atoms with E-state index in [1.807, 2.05) is 31.2 Å². The monoisotopic (exact) mass is 382 g/mol. The Balaban J connectivity index is 2.16. The first-order valence-electron chi connectivity index (χ1n) is 6.38. The van der Waals surface area contributed by atoms with Crippen LogP contribution in [0.3, 0.4) is 0 Å². The Morgan fingerprint density at radius 1 is 1.27 bits per heavy atom. The fourth-order valence-electron chi connectivity index (χ4n) is 1.91. The van der Waals surface area contributed by atoms with E-state index in [2.05, 4.69) is 21.2 Å². The maximum atomic E-state index is 12.2. The highest BCUT2D eigenvalue weighted by Crippen LogP contribution is 2.25. The van der Waals surface area contributed by atoms with Gasteiger partial charge in [-0.2, -0.15) is 0 Å². The van der Waals surface area contributed by atoms with Gasteiger partial charge in [-0.15, -0.1) is 0 Å². The molecule has 0 aliphatic heterocycles. The molecule has 0 radical (unpaired) electrons. The molecule has 22 heavy (non-hydrogen) atoms. The molecule has 0 unspecified atom stereocenters. The number of hydrogen-bond acceptors (Lipinski definition) is 3. The third-order valence-electron chi connectivity index (χ3n) is 3.12. The molecule has 0 fully saturated rings. The van der Waals surface area contributed by atoms with Gasteiger partial charge in [0.05, 0.1) is 11.0 Å². The van der Waals surface area contributed by atoms with E-state index in [9.17, 15) is 14.9 Å². The van der Waals surface area contributed by atoms with Gasteiger partial charge in [0.2, 0.25) is 0 Å². The van der Waals surface area contributed by atoms with Gasteiger partial charge in [-0.3, -0.25) is 14.9 Å². The van der Waals surface area contributed by atoms with Crippen molar-refractivity contribution in [1.82, 2.24) is 5.32 Å². The molecule has 2 rings (SSSR count). The van der Waals surface area contributed by atoms with Gasteiger partial charge in [0, 0.05) is 16.1 Å². The van der Waals surface area contributed by atoms with Gasteiger partial charge >= 0.3 is 0 Å². The molecule has 5 nitrogen and oxygen atoms in total. The normalized spacial score (nSPS) is 11.8. The molecule has 0 aromatic heterocycles. The Bertz CT molecular complexity index is 719. The van der Waals surface area contributed by atoms with Crippen molar-refractivity contribution in [1.29, 1.82) is 0 Å². The van der Waals surface area contributed by atoms with Crippen LogP contribution in [0.2, 0.25) is 5.02 Å². The van der Waals surface area contributed by atoms with Crippen LogP contribution in [0.4, 0.5) is 5.69 Å². The predicted molar refractivity (Wildman–Crippen MR) is 88.1 cm³/mol. The van der Waals surface area contributed by atoms with Crippen LogP contribution in [-0.2, 0) is 0 Å². The van der Waals surface area contributed by atoms with Crippen molar-refractivity contribution >= 4 is 39.1 Å². The molecule has 0 saturated carbocycles. The molecule has 1 atom stereocenters. The topological polar surface area (TPSA) is 72.2 Å². The fourth-order valence-corrected chi connectivity index (χ4v) is 2.36. The van der Waals surface area contributed by atoms with Gasteiger partial charge in [-0.05, 0) is 36.8 Å². The largest absolute Gasteiger partial charge is 0.346 e. The number of benzene rings is 2. The van der Waals surface area contributed by atoms with E-state index in [1.54, 1.807) is 0 Å². The van der Waals surface area contributed by atoms with Crippen molar-refractivity contribution in [3.05, 3.63) is 73.2 Å². The molecule has 0 saturated heterocycles. The molecule has 0 aliphatic rings. The van der Waals surface area contributed by atoms with Gasteiger partial charge in [0.1, 0.15) is 5.02 Å². The Hall–Kier alpha value is -1.92. The third kappa shape index (κ3) is 3.84. The summed E-state index contributed by atoms with van der Waals surface area (Å²) in [6, 6.07) is 11.3. The number of carbonyl (C=O) groups is 1. The molecule has 114 valence electrons. The molecule has 0 heterocycles. The van der Waals surface area contributed by atoms with Crippen LogP contribution in [0.1, 0.15) is 28.9 Å². The average molecular weight is 384 g/mol. The summed E-state index contributed by atoms with van der Waals surface area (Å²) < 4.78 is 0.947. The molecule has 1 amide bonds. The first kappa shape index (κ1) is 16.5. The van der Waals surface area contributed by atoms with Crippen molar-refractivity contribution in [2.75, 3.05) is 0 Å². The van der Waals surface area contributed by atoms with E-state index in [1.165, 1.54) is 18.2 Å². The number of nitro benzene ring substituents is 1. The Morgan fingerprint density at radius 3 is 2.50 bits per heavy atom. The molecular formula is C15H12BrClN2O3. The quantitative estimate of drug-likeness (QED) is 0.624. The van der Waals surface area contributed by atoms with Crippen LogP contribution in [0.5, 0.6) is 0 Å². The number of nitrogens with one attached hydrogen (secondary N) is 1. The lowest BCUT2D eigenvalue weighted by molar-refractivity contribution is -0.384. The Labute approximate surface area is 140 Å². The minimum atomic E-state index is -0.614. The smallest absolute Gasteiger partial charge is 0.288 e. The van der Waals surface area contributed by atoms with Crippen molar-refractivity contribution in [3.8, 4) is 0 Å². The summed E-state index contributed by atoms with van der Waals surface area (Å²) in [5, 5.41) is 13.7. The molecular weight excluding hydrogens is 372 g/mol. The SMILES string of the molecule is C[C@@H](NC(=O)c1ccc(Cl)c([N+](=O)[O-])c1)c1ccc(Br)cc1. The van der Waals surface area contributed by atoms with Gasteiger partial charge in [0.15, 0.2) is 0 Å². The summed E-state index contributed by atoms with van der Waals surface area (Å²) >= 11 is 9.08. The van der Waals surface area contributed by atoms with Crippen LogP contribution in [-0.4, -0.2) is 10.8 Å². The van der Waals surface area contributed by atoms with Crippen LogP contribution in [0.15, 0.2) is 46.9 Å². The van der Waals surface area contributed by atoms with Crippen molar-refractivity contribution in [3.63, 3.8) is 0 Å². The number of nitrogens with zero attached hydrogens (tertiary/aromatic N) is 1. The minimum absolute atomic E-state index is 0.00232. The fraction of sp³-hybridized carbons (Fsp3) is 0.133. The average Bonchev–Trinajstić information content (AvgIpc) is 2.47. The lowest BCUT2D eigenvalue weighted by Crippen LogP contribution is -2.26. The van der Waals surface area contributed by atoms with E-state index in [4.69, 9.17) is 11.6 Å². The zero-order valence-electron chi connectivity index (χ0n) is 11.5. The lowest BCUT2D eigenvalue weighted by atomic mass is 10.1. The Morgan fingerprint density at radius 2 is 1.91 bits per heavy atom. The zero-order chi connectivity index (χ0) is 16.3. The highest BCUT2D eigenvalue weighted by atomic mass is 79.9. The number of halogens is 2. The van der Waals surface area contributed by atoms with E-state index in [0.29, 0.717) is 0 Å². The molecule has 2 aromatic carbocycles. The maximum Gasteiger partial charge on any atom is 0.288 e. The minimum Gasteiger partial charge on any atom is -0.346 e. The first-order valence-corrected chi connectivity index (χ1v) is 7.56. The third-order valence-corrected chi connectivity index (χ3v) is 3.97. The highest BCUT2D eigenvalue weighted by molar-refractivity contribution is 9.10. The molecule has 0 bridgehead atoms. The summed E-state index contributed by atoms with van der Waals surface area (Å²) in [4.78, 5) is 22.4. The van der Waals surface area contributed by atoms with Gasteiger partial charge in [-0.1, -0.05) is 39.7 Å². The zero-order valence-corrected chi connectivity index (χ0v) is 13.9. The van der Waals surface area contributed by atoms with Gasteiger partial charge in [0.25, 0.3) is 11.6 Å². The van der Waals surface area contributed by atoms with Crippen molar-refractivity contribution in [2.24, 2.45) is 0 Å². The van der Waals surface area contributed by atoms with Crippen LogP contribution >= 0.6 is 27.5 Å². The summed E-state index contributed by atoms with van der Waals surface area (Å²) in [5.74, 6) is -0.393. The summed E-state index contributed by atoms with van der Waals surface area (Å²) in [6.45, 7) is 1.84. The Kier molecular flexibility index (Phi) is 5.15. The second-order valence-electron chi connectivity index (χ2n) is 4.67. The van der Waals surface area contributed by atoms with E-state index >= 15 is 0 Å². The summed E-state index contributed by atoms with van der Waals surface area (Å²) in [7, 11) is 0. The molecule has 7 heteroatoms. The lowest BCUT2D eigenvalue weighted by Gasteiger charge is -2.14. The van der Waals surface area contributed by atoms with E-state index < -0.39 is 10.8 Å². The van der Waals surface area contributed by atoms with Crippen LogP contribution < -0.4 is 5.32 Å². The van der Waals surface area contributed by atoms with Crippen LogP contribution in [0, 0.1) is 10.1 Å². The summed E-state index contributed by atoms with van der Waals surface area (Å²) in [6.07, 6.45) is 0. The number of carbonyl (C=O) groups excluding carboxylic acids is 1. The molecule has 2 aromatic rings. The molecule has 0 aliphatic carbocycles. The number of rotatable bonds is 4. The molecule has 0 spiro atoms.